The fourth-order valence-electron chi connectivity index (χ4n) is 4.04. The first-order valence-corrected chi connectivity index (χ1v) is 11.3. The van der Waals surface area contributed by atoms with E-state index >= 15 is 0 Å². The number of carbonyl (C=O) groups excluding carboxylic acids is 1. The largest absolute Gasteiger partial charge is 0.437 e. The number of hydrogen-bond acceptors (Lipinski definition) is 9. The van der Waals surface area contributed by atoms with Crippen molar-refractivity contribution in [1.82, 2.24) is 29.4 Å². The van der Waals surface area contributed by atoms with Gasteiger partial charge in [0.1, 0.15) is 23.1 Å². The molecule has 5 heterocycles. The summed E-state index contributed by atoms with van der Waals surface area (Å²) < 4.78 is 12.9. The first-order valence-electron chi connectivity index (χ1n) is 11.3. The lowest BCUT2D eigenvalue weighted by Gasteiger charge is -2.38. The Labute approximate surface area is 207 Å². The molecule has 182 valence electrons. The fourth-order valence-corrected chi connectivity index (χ4v) is 4.04. The van der Waals surface area contributed by atoms with E-state index in [2.05, 4.69) is 25.3 Å². The molecule has 0 radical (unpaired) electrons. The lowest BCUT2D eigenvalue weighted by atomic mass is 10.0. The zero-order valence-corrected chi connectivity index (χ0v) is 20.1. The van der Waals surface area contributed by atoms with Crippen molar-refractivity contribution < 1.29 is 14.3 Å². The monoisotopic (exact) mass is 484 g/mol. The minimum Gasteiger partial charge on any atom is -0.437 e. The molecule has 0 aromatic carbocycles. The summed E-state index contributed by atoms with van der Waals surface area (Å²) >= 11 is 0. The van der Waals surface area contributed by atoms with Crippen LogP contribution in [0.5, 0.6) is 11.6 Å². The highest BCUT2D eigenvalue weighted by Gasteiger charge is 2.31. The average Bonchev–Trinajstić information content (AvgIpc) is 3.23. The number of nitriles is 1. The molecule has 11 nitrogen and oxygen atoms in total. The van der Waals surface area contributed by atoms with Gasteiger partial charge in [0.2, 0.25) is 5.88 Å². The van der Waals surface area contributed by atoms with Gasteiger partial charge in [-0.15, -0.1) is 0 Å². The zero-order valence-electron chi connectivity index (χ0n) is 20.1. The second-order valence-corrected chi connectivity index (χ2v) is 8.67. The summed E-state index contributed by atoms with van der Waals surface area (Å²) in [5.41, 5.74) is 3.51. The molecular weight excluding hydrogens is 460 g/mol. The van der Waals surface area contributed by atoms with Gasteiger partial charge in [-0.3, -0.25) is 4.79 Å². The molecule has 1 amide bonds. The molecule has 0 aliphatic carbocycles. The van der Waals surface area contributed by atoms with Gasteiger partial charge >= 0.3 is 0 Å². The molecule has 5 rings (SSSR count). The molecule has 4 aromatic heterocycles. The number of amides is 1. The molecule has 36 heavy (non-hydrogen) atoms. The van der Waals surface area contributed by atoms with E-state index in [0.29, 0.717) is 71.2 Å². The summed E-state index contributed by atoms with van der Waals surface area (Å²) in [5, 5.41) is 12.3. The number of aromatic nitrogens is 5. The SMILES string of the molecule is COCC1CN(C(=O)c2ccc(Nc3cc(Oc4cnc(C#N)cc4C)nc4c3ncn4C)nc2)C1. The number of nitrogens with one attached hydrogen (secondary N) is 1. The molecule has 0 spiro atoms. The van der Waals surface area contributed by atoms with Crippen LogP contribution in [0.4, 0.5) is 11.5 Å². The number of methoxy groups -OCH3 is 1. The van der Waals surface area contributed by atoms with Gasteiger partial charge in [-0.1, -0.05) is 0 Å². The van der Waals surface area contributed by atoms with Crippen molar-refractivity contribution >= 4 is 28.6 Å². The van der Waals surface area contributed by atoms with E-state index in [-0.39, 0.29) is 5.91 Å². The summed E-state index contributed by atoms with van der Waals surface area (Å²) in [4.78, 5) is 32.0. The van der Waals surface area contributed by atoms with Gasteiger partial charge in [0.15, 0.2) is 11.4 Å². The van der Waals surface area contributed by atoms with Gasteiger partial charge in [0.05, 0.1) is 30.4 Å². The summed E-state index contributed by atoms with van der Waals surface area (Å²) in [6, 6.07) is 8.90. The fraction of sp³-hybridized carbons (Fsp3) is 0.280. The number of pyridine rings is 3. The molecule has 1 fully saturated rings. The van der Waals surface area contributed by atoms with Crippen molar-refractivity contribution in [3.63, 3.8) is 0 Å². The van der Waals surface area contributed by atoms with Crippen LogP contribution in [0.3, 0.4) is 0 Å². The van der Waals surface area contributed by atoms with Crippen molar-refractivity contribution in [2.75, 3.05) is 32.1 Å². The van der Waals surface area contributed by atoms with Crippen molar-refractivity contribution in [2.45, 2.75) is 6.92 Å². The second kappa shape index (κ2) is 9.59. The molecule has 0 bridgehead atoms. The minimum absolute atomic E-state index is 0.0421. The maximum atomic E-state index is 12.7. The van der Waals surface area contributed by atoms with Crippen LogP contribution in [-0.2, 0) is 11.8 Å². The van der Waals surface area contributed by atoms with Crippen LogP contribution in [0.1, 0.15) is 21.6 Å². The maximum absolute atomic E-state index is 12.7. The Bertz CT molecular complexity index is 1470. The summed E-state index contributed by atoms with van der Waals surface area (Å²) in [5.74, 6) is 1.72. The minimum atomic E-state index is -0.0421. The quantitative estimate of drug-likeness (QED) is 0.420. The highest BCUT2D eigenvalue weighted by molar-refractivity contribution is 5.95. The lowest BCUT2D eigenvalue weighted by Crippen LogP contribution is -2.51. The standard InChI is InChI=1S/C25H24N8O3/c1-15-6-18(8-26)27-10-20(15)36-22-7-19(23-24(31-22)32(2)14-29-23)30-21-5-4-17(9-28-21)25(34)33-11-16(12-33)13-35-3/h4-7,9-10,14,16H,11-13H2,1-3H3,(H,28,30,31). The Hall–Kier alpha value is -4.56. The summed E-state index contributed by atoms with van der Waals surface area (Å²) in [6.07, 6.45) is 4.73. The Kier molecular flexibility index (Phi) is 6.18. The van der Waals surface area contributed by atoms with E-state index < -0.39 is 0 Å². The number of nitrogens with zero attached hydrogens (tertiary/aromatic N) is 7. The third kappa shape index (κ3) is 4.54. The highest BCUT2D eigenvalue weighted by Crippen LogP contribution is 2.31. The van der Waals surface area contributed by atoms with Crippen molar-refractivity contribution in [1.29, 1.82) is 5.26 Å². The number of carbonyl (C=O) groups is 1. The van der Waals surface area contributed by atoms with E-state index in [0.717, 1.165) is 5.56 Å². The van der Waals surface area contributed by atoms with Crippen molar-refractivity contribution in [3.05, 3.63) is 59.8 Å². The zero-order chi connectivity index (χ0) is 25.2. The lowest BCUT2D eigenvalue weighted by molar-refractivity contribution is 0.0270. The van der Waals surface area contributed by atoms with Crippen LogP contribution in [0.15, 0.2) is 43.0 Å². The van der Waals surface area contributed by atoms with Gasteiger partial charge in [0.25, 0.3) is 5.91 Å². The molecule has 1 aliphatic heterocycles. The van der Waals surface area contributed by atoms with Crippen molar-refractivity contribution in [3.8, 4) is 17.7 Å². The van der Waals surface area contributed by atoms with E-state index in [1.165, 1.54) is 6.20 Å². The Balaban J connectivity index is 1.36. The van der Waals surface area contributed by atoms with E-state index in [1.54, 1.807) is 53.4 Å². The number of imidazole rings is 1. The summed E-state index contributed by atoms with van der Waals surface area (Å²) in [6.45, 7) is 3.88. The number of anilines is 2. The molecule has 0 saturated carbocycles. The van der Waals surface area contributed by atoms with Crippen LogP contribution in [0.25, 0.3) is 11.2 Å². The number of fused-ring (bicyclic) bond motifs is 1. The number of rotatable bonds is 7. The molecule has 11 heteroatoms. The predicted octanol–water partition coefficient (Wildman–Crippen LogP) is 3.19. The summed E-state index contributed by atoms with van der Waals surface area (Å²) in [7, 11) is 3.51. The third-order valence-electron chi connectivity index (χ3n) is 5.96. The van der Waals surface area contributed by atoms with Crippen LogP contribution in [-0.4, -0.2) is 62.1 Å². The van der Waals surface area contributed by atoms with Gasteiger partial charge in [-0.25, -0.2) is 15.0 Å². The number of ether oxygens (including phenoxy) is 2. The van der Waals surface area contributed by atoms with Crippen molar-refractivity contribution in [2.24, 2.45) is 13.0 Å². The molecular formula is C25H24N8O3. The first kappa shape index (κ1) is 23.2. The van der Waals surface area contributed by atoms with Gasteiger partial charge in [-0.2, -0.15) is 10.2 Å². The van der Waals surface area contributed by atoms with E-state index in [1.807, 2.05) is 20.0 Å². The maximum Gasteiger partial charge on any atom is 0.255 e. The third-order valence-corrected chi connectivity index (χ3v) is 5.96. The normalized spacial score (nSPS) is 13.3. The van der Waals surface area contributed by atoms with E-state index in [4.69, 9.17) is 14.7 Å². The first-order chi connectivity index (χ1) is 17.4. The molecule has 4 aromatic rings. The second-order valence-electron chi connectivity index (χ2n) is 8.67. The Morgan fingerprint density at radius 1 is 1.22 bits per heavy atom. The average molecular weight is 485 g/mol. The Morgan fingerprint density at radius 2 is 2.06 bits per heavy atom. The molecule has 0 atom stereocenters. The highest BCUT2D eigenvalue weighted by atomic mass is 16.5. The molecule has 1 N–H and O–H groups in total. The molecule has 1 saturated heterocycles. The van der Waals surface area contributed by atoms with Crippen LogP contribution < -0.4 is 10.1 Å². The number of hydrogen-bond donors (Lipinski definition) is 1. The predicted molar refractivity (Wildman–Crippen MR) is 131 cm³/mol. The smallest absolute Gasteiger partial charge is 0.255 e. The van der Waals surface area contributed by atoms with Crippen LogP contribution >= 0.6 is 0 Å². The topological polar surface area (TPSA) is 131 Å². The van der Waals surface area contributed by atoms with Gasteiger partial charge in [-0.05, 0) is 30.7 Å². The van der Waals surface area contributed by atoms with Gasteiger partial charge in [0, 0.05) is 45.4 Å². The van der Waals surface area contributed by atoms with Crippen LogP contribution in [0, 0.1) is 24.2 Å². The Morgan fingerprint density at radius 3 is 2.75 bits per heavy atom. The van der Waals surface area contributed by atoms with Gasteiger partial charge < -0.3 is 24.3 Å². The van der Waals surface area contributed by atoms with Crippen LogP contribution in [0.2, 0.25) is 0 Å². The number of likely N-dealkylation sites (tertiary alicyclic amines) is 1. The molecule has 1 aliphatic rings. The molecule has 0 unspecified atom stereocenters. The van der Waals surface area contributed by atoms with E-state index in [9.17, 15) is 4.79 Å². The number of aryl methyl sites for hydroxylation is 2.